The molecule has 2 aromatic rings. The number of carbonyl (C=O) groups is 1. The van der Waals surface area contributed by atoms with Crippen molar-refractivity contribution in [3.05, 3.63) is 59.4 Å². The first-order chi connectivity index (χ1) is 12.8. The molecule has 0 saturated carbocycles. The molecule has 1 aromatic carbocycles. The van der Waals surface area contributed by atoms with E-state index in [-0.39, 0.29) is 17.5 Å². The standard InChI is InChI=1S/C23H33N3O/c1-23(2,3)25-15-13-20(17-25)22(27)26-14-7-6-8-21(26)19-11-9-18(10-12-19)16-24(4)5/h9-13,15,17,21H,6-8,14,16H2,1-5H3. The maximum atomic E-state index is 13.2. The van der Waals surface area contributed by atoms with Crippen LogP contribution in [0.1, 0.15) is 67.6 Å². The van der Waals surface area contributed by atoms with E-state index in [1.54, 1.807) is 0 Å². The molecule has 1 unspecified atom stereocenters. The highest BCUT2D eigenvalue weighted by Gasteiger charge is 2.29. The molecule has 4 heteroatoms. The van der Waals surface area contributed by atoms with Crippen LogP contribution in [0.15, 0.2) is 42.7 Å². The highest BCUT2D eigenvalue weighted by molar-refractivity contribution is 5.94. The van der Waals surface area contributed by atoms with Crippen molar-refractivity contribution < 1.29 is 4.79 Å². The van der Waals surface area contributed by atoms with Crippen LogP contribution >= 0.6 is 0 Å². The molecule has 0 spiro atoms. The van der Waals surface area contributed by atoms with Crippen LogP contribution in [-0.2, 0) is 12.1 Å². The van der Waals surface area contributed by atoms with Crippen molar-refractivity contribution >= 4 is 5.91 Å². The van der Waals surface area contributed by atoms with E-state index in [0.29, 0.717) is 0 Å². The Kier molecular flexibility index (Phi) is 5.75. The van der Waals surface area contributed by atoms with Crippen LogP contribution < -0.4 is 0 Å². The average Bonchev–Trinajstić information content (AvgIpc) is 3.12. The number of amides is 1. The van der Waals surface area contributed by atoms with Gasteiger partial charge in [-0.3, -0.25) is 4.79 Å². The van der Waals surface area contributed by atoms with Gasteiger partial charge in [-0.2, -0.15) is 0 Å². The van der Waals surface area contributed by atoms with Crippen LogP contribution in [-0.4, -0.2) is 40.9 Å². The topological polar surface area (TPSA) is 28.5 Å². The van der Waals surface area contributed by atoms with E-state index in [0.717, 1.165) is 31.5 Å². The van der Waals surface area contributed by atoms with Crippen LogP contribution in [0.25, 0.3) is 0 Å². The lowest BCUT2D eigenvalue weighted by Crippen LogP contribution is -2.38. The van der Waals surface area contributed by atoms with Gasteiger partial charge in [0.25, 0.3) is 5.91 Å². The van der Waals surface area contributed by atoms with Gasteiger partial charge >= 0.3 is 0 Å². The maximum absolute atomic E-state index is 13.2. The molecule has 1 atom stereocenters. The lowest BCUT2D eigenvalue weighted by Gasteiger charge is -2.36. The van der Waals surface area contributed by atoms with Gasteiger partial charge in [-0.25, -0.2) is 0 Å². The highest BCUT2D eigenvalue weighted by atomic mass is 16.2. The van der Waals surface area contributed by atoms with Crippen LogP contribution in [0.3, 0.4) is 0 Å². The van der Waals surface area contributed by atoms with Gasteiger partial charge in [-0.1, -0.05) is 24.3 Å². The van der Waals surface area contributed by atoms with Crippen molar-refractivity contribution in [2.75, 3.05) is 20.6 Å². The molecule has 27 heavy (non-hydrogen) atoms. The second kappa shape index (κ2) is 7.89. The molecule has 1 fully saturated rings. The molecule has 0 aliphatic carbocycles. The van der Waals surface area contributed by atoms with E-state index < -0.39 is 0 Å². The number of hydrogen-bond acceptors (Lipinski definition) is 2. The molecule has 2 heterocycles. The number of nitrogens with zero attached hydrogens (tertiary/aromatic N) is 3. The zero-order chi connectivity index (χ0) is 19.6. The van der Waals surface area contributed by atoms with Crippen molar-refractivity contribution in [1.82, 2.24) is 14.4 Å². The Hall–Kier alpha value is -2.07. The third kappa shape index (κ3) is 4.62. The molecule has 3 rings (SSSR count). The molecule has 0 radical (unpaired) electrons. The zero-order valence-corrected chi connectivity index (χ0v) is 17.4. The minimum atomic E-state index is -0.0118. The maximum Gasteiger partial charge on any atom is 0.255 e. The Morgan fingerprint density at radius 3 is 2.41 bits per heavy atom. The molecule has 1 saturated heterocycles. The number of likely N-dealkylation sites (tertiary alicyclic amines) is 1. The first-order valence-electron chi connectivity index (χ1n) is 9.99. The summed E-state index contributed by atoms with van der Waals surface area (Å²) in [6.07, 6.45) is 7.31. The summed E-state index contributed by atoms with van der Waals surface area (Å²) < 4.78 is 2.12. The second-order valence-electron chi connectivity index (χ2n) is 8.97. The molecular formula is C23H33N3O. The highest BCUT2D eigenvalue weighted by Crippen LogP contribution is 2.32. The minimum Gasteiger partial charge on any atom is -0.348 e. The summed E-state index contributed by atoms with van der Waals surface area (Å²) in [5.74, 6) is 0.153. The smallest absolute Gasteiger partial charge is 0.255 e. The monoisotopic (exact) mass is 367 g/mol. The number of piperidine rings is 1. The van der Waals surface area contributed by atoms with E-state index in [1.807, 2.05) is 18.5 Å². The largest absolute Gasteiger partial charge is 0.348 e. The summed E-state index contributed by atoms with van der Waals surface area (Å²) in [6, 6.07) is 10.9. The lowest BCUT2D eigenvalue weighted by molar-refractivity contribution is 0.0611. The Labute approximate surface area is 163 Å². The number of carbonyl (C=O) groups excluding carboxylic acids is 1. The minimum absolute atomic E-state index is 0.0118. The molecule has 1 aromatic heterocycles. The van der Waals surface area contributed by atoms with Gasteiger partial charge < -0.3 is 14.4 Å². The molecule has 1 aliphatic rings. The first-order valence-corrected chi connectivity index (χ1v) is 9.99. The van der Waals surface area contributed by atoms with Crippen molar-refractivity contribution in [2.45, 2.75) is 58.2 Å². The normalized spacial score (nSPS) is 18.1. The van der Waals surface area contributed by atoms with Crippen LogP contribution in [0.5, 0.6) is 0 Å². The third-order valence-corrected chi connectivity index (χ3v) is 5.34. The van der Waals surface area contributed by atoms with Gasteiger partial charge in [0, 0.05) is 31.0 Å². The summed E-state index contributed by atoms with van der Waals surface area (Å²) in [5.41, 5.74) is 3.34. The van der Waals surface area contributed by atoms with E-state index in [9.17, 15) is 4.79 Å². The Morgan fingerprint density at radius 2 is 1.81 bits per heavy atom. The van der Waals surface area contributed by atoms with Crippen LogP contribution in [0.2, 0.25) is 0 Å². The zero-order valence-electron chi connectivity index (χ0n) is 17.4. The molecule has 1 amide bonds. The van der Waals surface area contributed by atoms with E-state index >= 15 is 0 Å². The van der Waals surface area contributed by atoms with Crippen LogP contribution in [0, 0.1) is 0 Å². The molecule has 0 N–H and O–H groups in total. The SMILES string of the molecule is CN(C)Cc1ccc(C2CCCCN2C(=O)c2ccn(C(C)(C)C)c2)cc1. The van der Waals surface area contributed by atoms with E-state index in [2.05, 4.69) is 73.5 Å². The Balaban J connectivity index is 1.80. The fourth-order valence-electron chi connectivity index (χ4n) is 3.84. The number of rotatable bonds is 4. The van der Waals surface area contributed by atoms with Gasteiger partial charge in [0.2, 0.25) is 0 Å². The quantitative estimate of drug-likeness (QED) is 0.785. The lowest BCUT2D eigenvalue weighted by atomic mass is 9.94. The summed E-state index contributed by atoms with van der Waals surface area (Å²) in [7, 11) is 4.17. The van der Waals surface area contributed by atoms with Gasteiger partial charge in [0.1, 0.15) is 0 Å². The summed E-state index contributed by atoms with van der Waals surface area (Å²) in [5, 5.41) is 0. The number of benzene rings is 1. The van der Waals surface area contributed by atoms with Gasteiger partial charge in [0.15, 0.2) is 0 Å². The number of aromatic nitrogens is 1. The predicted molar refractivity (Wildman–Crippen MR) is 111 cm³/mol. The second-order valence-corrected chi connectivity index (χ2v) is 8.97. The van der Waals surface area contributed by atoms with Gasteiger partial charge in [-0.15, -0.1) is 0 Å². The third-order valence-electron chi connectivity index (χ3n) is 5.34. The number of hydrogen-bond donors (Lipinski definition) is 0. The molecular weight excluding hydrogens is 334 g/mol. The Morgan fingerprint density at radius 1 is 1.11 bits per heavy atom. The van der Waals surface area contributed by atoms with Gasteiger partial charge in [0.05, 0.1) is 11.6 Å². The molecule has 4 nitrogen and oxygen atoms in total. The Bertz CT molecular complexity index is 768. The van der Waals surface area contributed by atoms with E-state index in [1.165, 1.54) is 17.5 Å². The molecule has 1 aliphatic heterocycles. The van der Waals surface area contributed by atoms with Crippen molar-refractivity contribution in [3.8, 4) is 0 Å². The van der Waals surface area contributed by atoms with Crippen molar-refractivity contribution in [2.24, 2.45) is 0 Å². The summed E-state index contributed by atoms with van der Waals surface area (Å²) >= 11 is 0. The van der Waals surface area contributed by atoms with Gasteiger partial charge in [-0.05, 0) is 71.3 Å². The summed E-state index contributed by atoms with van der Waals surface area (Å²) in [6.45, 7) is 8.23. The average molecular weight is 368 g/mol. The molecule has 0 bridgehead atoms. The van der Waals surface area contributed by atoms with Crippen LogP contribution in [0.4, 0.5) is 0 Å². The molecule has 146 valence electrons. The first kappa shape index (κ1) is 19.7. The van der Waals surface area contributed by atoms with E-state index in [4.69, 9.17) is 0 Å². The van der Waals surface area contributed by atoms with Crippen molar-refractivity contribution in [3.63, 3.8) is 0 Å². The fourth-order valence-corrected chi connectivity index (χ4v) is 3.84. The summed E-state index contributed by atoms with van der Waals surface area (Å²) in [4.78, 5) is 17.5. The van der Waals surface area contributed by atoms with Crippen molar-refractivity contribution in [1.29, 1.82) is 0 Å². The predicted octanol–water partition coefficient (Wildman–Crippen LogP) is 4.67. The fraction of sp³-hybridized carbons (Fsp3) is 0.522.